The number of aromatic amines is 1. The lowest BCUT2D eigenvalue weighted by Crippen LogP contribution is -2.48. The van der Waals surface area contributed by atoms with Crippen LogP contribution in [0, 0.1) is 5.92 Å². The summed E-state index contributed by atoms with van der Waals surface area (Å²) in [5.74, 6) is 0.991. The smallest absolute Gasteiger partial charge is 0.250 e. The number of hydrogen-bond donors (Lipinski definition) is 2. The molecule has 1 saturated heterocycles. The van der Waals surface area contributed by atoms with E-state index in [4.69, 9.17) is 0 Å². The summed E-state index contributed by atoms with van der Waals surface area (Å²) in [4.78, 5) is 30.2. The molecule has 6 nitrogen and oxygen atoms in total. The predicted molar refractivity (Wildman–Crippen MR) is 113 cm³/mol. The molecule has 1 aromatic carbocycles. The molecule has 1 fully saturated rings. The van der Waals surface area contributed by atoms with Crippen LogP contribution < -0.4 is 10.9 Å². The van der Waals surface area contributed by atoms with Gasteiger partial charge < -0.3 is 19.8 Å². The normalized spacial score (nSPS) is 21.1. The van der Waals surface area contributed by atoms with E-state index in [1.54, 1.807) is 6.07 Å². The molecule has 29 heavy (non-hydrogen) atoms. The van der Waals surface area contributed by atoms with Crippen molar-refractivity contribution in [2.75, 3.05) is 26.2 Å². The van der Waals surface area contributed by atoms with Crippen molar-refractivity contribution < 1.29 is 4.79 Å². The number of pyridine rings is 1. The topological polar surface area (TPSA) is 70.1 Å². The van der Waals surface area contributed by atoms with Crippen molar-refractivity contribution >= 4 is 16.8 Å². The van der Waals surface area contributed by atoms with Gasteiger partial charge in [-0.3, -0.25) is 9.59 Å². The summed E-state index contributed by atoms with van der Waals surface area (Å²) in [6, 6.07) is 13.7. The number of piperidine rings is 1. The molecule has 6 heteroatoms. The number of carbonyl (C=O) groups is 1. The highest BCUT2D eigenvalue weighted by molar-refractivity contribution is 5.88. The number of hydrogen-bond acceptors (Lipinski definition) is 3. The second-order valence-corrected chi connectivity index (χ2v) is 8.34. The third-order valence-electron chi connectivity index (χ3n) is 6.33. The third-order valence-corrected chi connectivity index (χ3v) is 6.33. The molecule has 1 amide bonds. The summed E-state index contributed by atoms with van der Waals surface area (Å²) in [6.45, 7) is 4.27. The van der Waals surface area contributed by atoms with Gasteiger partial charge in [0, 0.05) is 67.5 Å². The van der Waals surface area contributed by atoms with Gasteiger partial charge in [-0.1, -0.05) is 24.3 Å². The van der Waals surface area contributed by atoms with Gasteiger partial charge in [0.2, 0.25) is 5.91 Å². The molecule has 2 N–H and O–H groups in total. The number of amides is 1. The van der Waals surface area contributed by atoms with E-state index in [1.807, 2.05) is 41.1 Å². The number of aromatic nitrogens is 2. The molecule has 2 aromatic heterocycles. The van der Waals surface area contributed by atoms with Gasteiger partial charge in [0.15, 0.2) is 0 Å². The zero-order valence-corrected chi connectivity index (χ0v) is 16.4. The van der Waals surface area contributed by atoms with Crippen molar-refractivity contribution in [3.63, 3.8) is 0 Å². The molecule has 2 aliphatic heterocycles. The highest BCUT2D eigenvalue weighted by Crippen LogP contribution is 2.34. The number of H-pyrrole nitrogens is 1. The maximum absolute atomic E-state index is 12.4. The minimum atomic E-state index is 0.0591. The fourth-order valence-corrected chi connectivity index (χ4v) is 5.04. The van der Waals surface area contributed by atoms with Crippen molar-refractivity contribution in [2.24, 2.45) is 5.92 Å². The summed E-state index contributed by atoms with van der Waals surface area (Å²) in [6.07, 6.45) is 3.48. The van der Waals surface area contributed by atoms with Crippen LogP contribution in [0.2, 0.25) is 0 Å². The van der Waals surface area contributed by atoms with Crippen LogP contribution in [0.3, 0.4) is 0 Å². The Hall–Kier alpha value is -2.86. The molecule has 0 aliphatic carbocycles. The molecule has 4 heterocycles. The Morgan fingerprint density at radius 3 is 2.93 bits per heavy atom. The lowest BCUT2D eigenvalue weighted by atomic mass is 9.83. The van der Waals surface area contributed by atoms with Crippen molar-refractivity contribution in [3.05, 3.63) is 70.3 Å². The van der Waals surface area contributed by atoms with E-state index in [2.05, 4.69) is 21.3 Å². The Morgan fingerprint density at radius 2 is 2.00 bits per heavy atom. The van der Waals surface area contributed by atoms with Crippen LogP contribution in [0.5, 0.6) is 0 Å². The van der Waals surface area contributed by atoms with Gasteiger partial charge >= 0.3 is 0 Å². The molecule has 2 unspecified atom stereocenters. The second-order valence-electron chi connectivity index (χ2n) is 8.34. The molecule has 0 spiro atoms. The maximum atomic E-state index is 12.4. The number of rotatable bonds is 5. The number of nitrogens with one attached hydrogen (secondary N) is 2. The van der Waals surface area contributed by atoms with Crippen LogP contribution in [0.15, 0.2) is 53.5 Å². The molecule has 0 saturated carbocycles. The Kier molecular flexibility index (Phi) is 4.72. The first-order valence-corrected chi connectivity index (χ1v) is 10.4. The summed E-state index contributed by atoms with van der Waals surface area (Å²) >= 11 is 0. The lowest BCUT2D eigenvalue weighted by molar-refractivity contribution is -0.120. The van der Waals surface area contributed by atoms with Gasteiger partial charge in [0.05, 0.1) is 6.42 Å². The van der Waals surface area contributed by atoms with E-state index < -0.39 is 0 Å². The Balaban J connectivity index is 1.16. The lowest BCUT2D eigenvalue weighted by Gasteiger charge is -2.42. The first-order chi connectivity index (χ1) is 14.2. The molecule has 2 bridgehead atoms. The highest BCUT2D eigenvalue weighted by atomic mass is 16.1. The fourth-order valence-electron chi connectivity index (χ4n) is 5.04. The van der Waals surface area contributed by atoms with Crippen molar-refractivity contribution in [3.8, 4) is 0 Å². The standard InChI is InChI=1S/C23H26N4O2/c28-22(11-17-12-25-20-5-2-1-4-19(17)20)24-8-9-26-13-16-10-18(15-26)21-6-3-7-23(29)27(21)14-16/h1-7,12,16,18,25H,8-11,13-15H2,(H,24,28). The zero-order valence-electron chi connectivity index (χ0n) is 16.4. The molecule has 2 atom stereocenters. The number of benzene rings is 1. The maximum Gasteiger partial charge on any atom is 0.250 e. The third kappa shape index (κ3) is 3.60. The van der Waals surface area contributed by atoms with E-state index in [9.17, 15) is 9.59 Å². The highest BCUT2D eigenvalue weighted by Gasteiger charge is 2.34. The molecular weight excluding hydrogens is 364 g/mol. The largest absolute Gasteiger partial charge is 0.361 e. The van der Waals surface area contributed by atoms with Crippen LogP contribution in [0.4, 0.5) is 0 Å². The van der Waals surface area contributed by atoms with Crippen LogP contribution in [-0.4, -0.2) is 46.5 Å². The van der Waals surface area contributed by atoms with Crippen LogP contribution >= 0.6 is 0 Å². The summed E-state index contributed by atoms with van der Waals surface area (Å²) in [7, 11) is 0. The quantitative estimate of drug-likeness (QED) is 0.701. The SMILES string of the molecule is O=C(Cc1c[nH]c2ccccc12)NCCN1CC2CC(C1)c1cccc(=O)n1C2. The predicted octanol–water partition coefficient (Wildman–Crippen LogP) is 2.11. The van der Waals surface area contributed by atoms with Gasteiger partial charge in [-0.25, -0.2) is 0 Å². The molecule has 0 radical (unpaired) electrons. The van der Waals surface area contributed by atoms with Gasteiger partial charge in [-0.05, 0) is 30.0 Å². The number of carbonyl (C=O) groups excluding carboxylic acids is 1. The van der Waals surface area contributed by atoms with Gasteiger partial charge in [-0.15, -0.1) is 0 Å². The number of nitrogens with zero attached hydrogens (tertiary/aromatic N) is 2. The van der Waals surface area contributed by atoms with Gasteiger partial charge in [0.1, 0.15) is 0 Å². The Bertz CT molecular complexity index is 1100. The summed E-state index contributed by atoms with van der Waals surface area (Å²) in [5.41, 5.74) is 3.39. The van der Waals surface area contributed by atoms with E-state index in [1.165, 1.54) is 5.69 Å². The number of fused-ring (bicyclic) bond motifs is 5. The number of para-hydroxylation sites is 1. The van der Waals surface area contributed by atoms with Crippen LogP contribution in [-0.2, 0) is 17.8 Å². The minimum Gasteiger partial charge on any atom is -0.361 e. The zero-order chi connectivity index (χ0) is 19.8. The monoisotopic (exact) mass is 390 g/mol. The molecule has 2 aliphatic rings. The van der Waals surface area contributed by atoms with Crippen molar-refractivity contribution in [2.45, 2.75) is 25.3 Å². The first-order valence-electron chi connectivity index (χ1n) is 10.4. The molecular formula is C23H26N4O2. The Labute approximate surface area is 169 Å². The van der Waals surface area contributed by atoms with E-state index in [-0.39, 0.29) is 11.5 Å². The average Bonchev–Trinajstić information content (AvgIpc) is 3.12. The number of likely N-dealkylation sites (tertiary alicyclic amines) is 1. The molecule has 150 valence electrons. The van der Waals surface area contributed by atoms with Crippen LogP contribution in [0.1, 0.15) is 23.6 Å². The average molecular weight is 390 g/mol. The Morgan fingerprint density at radius 1 is 1.10 bits per heavy atom. The fraction of sp³-hybridized carbons (Fsp3) is 0.391. The molecule has 5 rings (SSSR count). The van der Waals surface area contributed by atoms with E-state index in [0.717, 1.165) is 49.1 Å². The van der Waals surface area contributed by atoms with Crippen molar-refractivity contribution in [1.29, 1.82) is 0 Å². The minimum absolute atomic E-state index is 0.0591. The van der Waals surface area contributed by atoms with Gasteiger partial charge in [-0.2, -0.15) is 0 Å². The summed E-state index contributed by atoms with van der Waals surface area (Å²) in [5, 5.41) is 4.19. The molecule has 3 aromatic rings. The van der Waals surface area contributed by atoms with Crippen LogP contribution in [0.25, 0.3) is 10.9 Å². The first kappa shape index (κ1) is 18.2. The summed E-state index contributed by atoms with van der Waals surface area (Å²) < 4.78 is 1.96. The second kappa shape index (κ2) is 7.52. The van der Waals surface area contributed by atoms with Crippen molar-refractivity contribution in [1.82, 2.24) is 19.8 Å². The van der Waals surface area contributed by atoms with Gasteiger partial charge in [0.25, 0.3) is 5.56 Å². The van der Waals surface area contributed by atoms with E-state index in [0.29, 0.717) is 24.8 Å². The van der Waals surface area contributed by atoms with E-state index >= 15 is 0 Å².